The van der Waals surface area contributed by atoms with Crippen molar-refractivity contribution < 1.29 is 22.8 Å². The second kappa shape index (κ2) is 8.08. The first kappa shape index (κ1) is 20.4. The van der Waals surface area contributed by atoms with Gasteiger partial charge in [-0.05, 0) is 48.2 Å². The van der Waals surface area contributed by atoms with Gasteiger partial charge in [0.2, 0.25) is 11.8 Å². The molecule has 0 spiro atoms. The molecule has 3 heterocycles. The molecule has 0 unspecified atom stereocenters. The maximum Gasteiger partial charge on any atom is 0.416 e. The molecule has 1 aromatic heterocycles. The highest BCUT2D eigenvalue weighted by atomic mass is 19.4. The zero-order chi connectivity index (χ0) is 21.3. The number of amides is 2. The molecular formula is C22H22F3N3O2. The van der Waals surface area contributed by atoms with Crippen LogP contribution in [0, 0.1) is 5.92 Å². The average Bonchev–Trinajstić information content (AvgIpc) is 3.35. The molecule has 8 heteroatoms. The van der Waals surface area contributed by atoms with Crippen molar-refractivity contribution in [1.82, 2.24) is 14.8 Å². The number of aromatic nitrogens is 1. The highest BCUT2D eigenvalue weighted by Gasteiger charge is 2.40. The van der Waals surface area contributed by atoms with Crippen LogP contribution in [0.1, 0.15) is 42.0 Å². The quantitative estimate of drug-likeness (QED) is 0.760. The summed E-state index contributed by atoms with van der Waals surface area (Å²) in [4.78, 5) is 32.9. The summed E-state index contributed by atoms with van der Waals surface area (Å²) in [6.07, 6.45) is 0.828. The summed E-state index contributed by atoms with van der Waals surface area (Å²) in [5.41, 5.74) is 0.694. The van der Waals surface area contributed by atoms with Gasteiger partial charge in [0.25, 0.3) is 0 Å². The normalized spacial score (nSPS) is 22.0. The van der Waals surface area contributed by atoms with Gasteiger partial charge in [0.1, 0.15) is 0 Å². The minimum absolute atomic E-state index is 0.0203. The van der Waals surface area contributed by atoms with Gasteiger partial charge in [-0.25, -0.2) is 0 Å². The predicted octanol–water partition coefficient (Wildman–Crippen LogP) is 3.81. The monoisotopic (exact) mass is 417 g/mol. The Balaban J connectivity index is 1.44. The molecular weight excluding hydrogens is 395 g/mol. The third kappa shape index (κ3) is 4.17. The van der Waals surface area contributed by atoms with Gasteiger partial charge in [-0.3, -0.25) is 14.6 Å². The van der Waals surface area contributed by atoms with Crippen LogP contribution >= 0.6 is 0 Å². The van der Waals surface area contributed by atoms with Crippen LogP contribution in [0.4, 0.5) is 13.2 Å². The molecule has 2 fully saturated rings. The van der Waals surface area contributed by atoms with Crippen molar-refractivity contribution in [3.8, 4) is 0 Å². The van der Waals surface area contributed by atoms with E-state index in [2.05, 4.69) is 4.98 Å². The Kier molecular flexibility index (Phi) is 5.49. The van der Waals surface area contributed by atoms with E-state index >= 15 is 0 Å². The number of alkyl halides is 3. The number of halogens is 3. The second-order valence-corrected chi connectivity index (χ2v) is 7.84. The minimum Gasteiger partial charge on any atom is -0.338 e. The minimum atomic E-state index is -4.43. The van der Waals surface area contributed by atoms with Gasteiger partial charge in [-0.15, -0.1) is 0 Å². The Hall–Kier alpha value is -2.90. The summed E-state index contributed by atoms with van der Waals surface area (Å²) >= 11 is 0. The number of benzene rings is 1. The number of hydrogen-bond donors (Lipinski definition) is 0. The molecule has 158 valence electrons. The van der Waals surface area contributed by atoms with E-state index in [1.807, 2.05) is 17.0 Å². The molecule has 0 saturated carbocycles. The molecule has 0 bridgehead atoms. The van der Waals surface area contributed by atoms with Crippen LogP contribution in [-0.2, 0) is 22.3 Å². The number of pyridine rings is 1. The van der Waals surface area contributed by atoms with Crippen LogP contribution in [0.15, 0.2) is 48.8 Å². The fraction of sp³-hybridized carbons (Fsp3) is 0.409. The average molecular weight is 417 g/mol. The van der Waals surface area contributed by atoms with Crippen molar-refractivity contribution in [2.75, 3.05) is 13.1 Å². The number of rotatable bonds is 4. The van der Waals surface area contributed by atoms with Crippen LogP contribution < -0.4 is 0 Å². The lowest BCUT2D eigenvalue weighted by Crippen LogP contribution is -2.37. The zero-order valence-corrected chi connectivity index (χ0v) is 16.3. The van der Waals surface area contributed by atoms with Crippen molar-refractivity contribution in [3.05, 3.63) is 65.5 Å². The molecule has 2 aromatic rings. The Morgan fingerprint density at radius 1 is 1.17 bits per heavy atom. The molecule has 2 amide bonds. The van der Waals surface area contributed by atoms with Crippen LogP contribution in [0.25, 0.3) is 0 Å². The molecule has 2 aliphatic heterocycles. The van der Waals surface area contributed by atoms with E-state index in [4.69, 9.17) is 0 Å². The van der Waals surface area contributed by atoms with E-state index in [0.29, 0.717) is 12.1 Å². The lowest BCUT2D eigenvalue weighted by molar-refractivity contribution is -0.138. The molecule has 30 heavy (non-hydrogen) atoms. The molecule has 2 atom stereocenters. The molecule has 0 radical (unpaired) electrons. The molecule has 2 saturated heterocycles. The van der Waals surface area contributed by atoms with E-state index < -0.39 is 17.7 Å². The SMILES string of the molecule is O=C1C[C@H](C(=O)N2CCC[C@H]2c2ccncc2)CN1Cc1cccc(C(F)(F)F)c1. The predicted molar refractivity (Wildman–Crippen MR) is 103 cm³/mol. The van der Waals surface area contributed by atoms with E-state index in [1.165, 1.54) is 11.0 Å². The third-order valence-corrected chi connectivity index (χ3v) is 5.82. The number of likely N-dealkylation sites (tertiary alicyclic amines) is 2. The molecule has 4 rings (SSSR count). The van der Waals surface area contributed by atoms with Crippen LogP contribution in [0.2, 0.25) is 0 Å². The third-order valence-electron chi connectivity index (χ3n) is 5.82. The van der Waals surface area contributed by atoms with Gasteiger partial charge in [0.05, 0.1) is 17.5 Å². The molecule has 0 aliphatic carbocycles. The summed E-state index contributed by atoms with van der Waals surface area (Å²) < 4.78 is 38.8. The van der Waals surface area contributed by atoms with Gasteiger partial charge in [0, 0.05) is 38.4 Å². The Morgan fingerprint density at radius 3 is 2.67 bits per heavy atom. The highest BCUT2D eigenvalue weighted by molar-refractivity contribution is 5.89. The van der Waals surface area contributed by atoms with Crippen LogP contribution in [-0.4, -0.2) is 39.7 Å². The van der Waals surface area contributed by atoms with E-state index in [0.717, 1.165) is 30.5 Å². The lowest BCUT2D eigenvalue weighted by Gasteiger charge is -2.27. The molecule has 0 N–H and O–H groups in total. The van der Waals surface area contributed by atoms with Crippen molar-refractivity contribution in [2.24, 2.45) is 5.92 Å². The van der Waals surface area contributed by atoms with Crippen molar-refractivity contribution >= 4 is 11.8 Å². The van der Waals surface area contributed by atoms with Gasteiger partial charge in [0.15, 0.2) is 0 Å². The number of carbonyl (C=O) groups is 2. The number of nitrogens with zero attached hydrogens (tertiary/aromatic N) is 3. The van der Waals surface area contributed by atoms with Gasteiger partial charge < -0.3 is 9.80 Å². The largest absolute Gasteiger partial charge is 0.416 e. The maximum absolute atomic E-state index is 13.1. The highest BCUT2D eigenvalue weighted by Crippen LogP contribution is 2.35. The summed E-state index contributed by atoms with van der Waals surface area (Å²) in [6, 6.07) is 8.75. The Labute approximate surface area is 172 Å². The lowest BCUT2D eigenvalue weighted by atomic mass is 10.0. The first-order valence-corrected chi connectivity index (χ1v) is 9.97. The second-order valence-electron chi connectivity index (χ2n) is 7.84. The standard InChI is InChI=1S/C22H22F3N3O2/c23-22(24,25)18-4-1-3-15(11-18)13-27-14-17(12-20(27)29)21(30)28-10-2-5-19(28)16-6-8-26-9-7-16/h1,3-4,6-9,11,17,19H,2,5,10,12-14H2/t17-,19-/m0/s1. The molecule has 2 aliphatic rings. The maximum atomic E-state index is 13.1. The zero-order valence-electron chi connectivity index (χ0n) is 16.3. The van der Waals surface area contributed by atoms with Gasteiger partial charge in [-0.2, -0.15) is 13.2 Å². The van der Waals surface area contributed by atoms with Gasteiger partial charge in [-0.1, -0.05) is 12.1 Å². The topological polar surface area (TPSA) is 53.5 Å². The molecule has 5 nitrogen and oxygen atoms in total. The van der Waals surface area contributed by atoms with E-state index in [1.54, 1.807) is 18.5 Å². The van der Waals surface area contributed by atoms with Crippen molar-refractivity contribution in [1.29, 1.82) is 0 Å². The Morgan fingerprint density at radius 2 is 1.93 bits per heavy atom. The van der Waals surface area contributed by atoms with Crippen molar-refractivity contribution in [3.63, 3.8) is 0 Å². The number of carbonyl (C=O) groups excluding carboxylic acids is 2. The van der Waals surface area contributed by atoms with E-state index in [9.17, 15) is 22.8 Å². The molecule has 1 aromatic carbocycles. The smallest absolute Gasteiger partial charge is 0.338 e. The fourth-order valence-corrected chi connectivity index (χ4v) is 4.35. The summed E-state index contributed by atoms with van der Waals surface area (Å²) in [5.74, 6) is -0.731. The van der Waals surface area contributed by atoms with Crippen molar-refractivity contribution in [2.45, 2.75) is 38.0 Å². The fourth-order valence-electron chi connectivity index (χ4n) is 4.35. The summed E-state index contributed by atoms with van der Waals surface area (Å²) in [5, 5.41) is 0. The summed E-state index contributed by atoms with van der Waals surface area (Å²) in [7, 11) is 0. The van der Waals surface area contributed by atoms with E-state index in [-0.39, 0.29) is 37.4 Å². The summed E-state index contributed by atoms with van der Waals surface area (Å²) in [6.45, 7) is 0.942. The number of hydrogen-bond acceptors (Lipinski definition) is 3. The van der Waals surface area contributed by atoms with Gasteiger partial charge >= 0.3 is 6.18 Å². The first-order valence-electron chi connectivity index (χ1n) is 9.97. The van der Waals surface area contributed by atoms with Crippen LogP contribution in [0.3, 0.4) is 0 Å². The Bertz CT molecular complexity index is 933. The van der Waals surface area contributed by atoms with Crippen LogP contribution in [0.5, 0.6) is 0 Å². The first-order chi connectivity index (χ1) is 14.3.